The molecule has 168 valence electrons. The number of fused-ring (bicyclic) bond motifs is 1. The van der Waals surface area contributed by atoms with Gasteiger partial charge in [-0.25, -0.2) is 4.98 Å². The number of carbonyl (C=O) groups is 2. The molecule has 1 saturated heterocycles. The van der Waals surface area contributed by atoms with Gasteiger partial charge in [0, 0.05) is 17.4 Å². The fraction of sp³-hybridized carbons (Fsp3) is 0.261. The predicted octanol–water partition coefficient (Wildman–Crippen LogP) is 2.69. The second-order valence-electron chi connectivity index (χ2n) is 8.29. The zero-order valence-corrected chi connectivity index (χ0v) is 18.2. The minimum atomic E-state index is -0.366. The molecule has 1 N–H and O–H groups in total. The van der Waals surface area contributed by atoms with E-state index in [9.17, 15) is 9.59 Å². The van der Waals surface area contributed by atoms with Gasteiger partial charge >= 0.3 is 0 Å². The third-order valence-electron chi connectivity index (χ3n) is 5.81. The van der Waals surface area contributed by atoms with E-state index in [1.807, 2.05) is 44.2 Å². The van der Waals surface area contributed by atoms with E-state index >= 15 is 0 Å². The molecule has 1 aromatic carbocycles. The van der Waals surface area contributed by atoms with Gasteiger partial charge in [0.05, 0.1) is 24.9 Å². The molecule has 3 aromatic heterocycles. The summed E-state index contributed by atoms with van der Waals surface area (Å²) in [6.07, 6.45) is 4.11. The summed E-state index contributed by atoms with van der Waals surface area (Å²) in [6.45, 7) is 4.99. The SMILES string of the molecule is Cc1ccc(-c2noc(CN(C=O)C3(C)COC3)n2)cc1NC(=O)c1cnc2ccccn12. The third-order valence-corrected chi connectivity index (χ3v) is 5.81. The first-order valence-corrected chi connectivity index (χ1v) is 10.4. The smallest absolute Gasteiger partial charge is 0.274 e. The Hall–Kier alpha value is -4.05. The van der Waals surface area contributed by atoms with Gasteiger partial charge in [-0.2, -0.15) is 4.98 Å². The summed E-state index contributed by atoms with van der Waals surface area (Å²) >= 11 is 0. The van der Waals surface area contributed by atoms with E-state index in [4.69, 9.17) is 9.26 Å². The lowest BCUT2D eigenvalue weighted by molar-refractivity contribution is -0.154. The zero-order chi connectivity index (χ0) is 23.0. The van der Waals surface area contributed by atoms with E-state index in [0.717, 1.165) is 12.0 Å². The number of ether oxygens (including phenoxy) is 1. The van der Waals surface area contributed by atoms with Gasteiger partial charge in [-0.3, -0.25) is 14.0 Å². The summed E-state index contributed by atoms with van der Waals surface area (Å²) in [5.74, 6) is 0.415. The molecule has 5 rings (SSSR count). The number of nitrogens with zero attached hydrogens (tertiary/aromatic N) is 5. The van der Waals surface area contributed by atoms with E-state index in [-0.39, 0.29) is 18.0 Å². The molecule has 0 unspecified atom stereocenters. The third kappa shape index (κ3) is 3.85. The fourth-order valence-electron chi connectivity index (χ4n) is 3.68. The van der Waals surface area contributed by atoms with E-state index in [1.165, 1.54) is 0 Å². The lowest BCUT2D eigenvalue weighted by atomic mass is 9.98. The summed E-state index contributed by atoms with van der Waals surface area (Å²) < 4.78 is 12.3. The first kappa shape index (κ1) is 20.8. The number of hydrogen-bond acceptors (Lipinski definition) is 7. The van der Waals surface area contributed by atoms with Gasteiger partial charge in [-0.1, -0.05) is 23.4 Å². The number of aromatic nitrogens is 4. The molecule has 1 aliphatic heterocycles. The van der Waals surface area contributed by atoms with Crippen LogP contribution in [0.3, 0.4) is 0 Å². The topological polar surface area (TPSA) is 115 Å². The Balaban J connectivity index is 1.36. The van der Waals surface area contributed by atoms with Crippen LogP contribution in [0.1, 0.15) is 28.9 Å². The van der Waals surface area contributed by atoms with E-state index in [1.54, 1.807) is 27.8 Å². The largest absolute Gasteiger partial charge is 0.376 e. The van der Waals surface area contributed by atoms with Crippen LogP contribution in [0.4, 0.5) is 5.69 Å². The van der Waals surface area contributed by atoms with Gasteiger partial charge < -0.3 is 19.5 Å². The maximum absolute atomic E-state index is 12.9. The Morgan fingerprint density at radius 2 is 2.15 bits per heavy atom. The van der Waals surface area contributed by atoms with Crippen LogP contribution in [0.25, 0.3) is 17.0 Å². The summed E-state index contributed by atoms with van der Waals surface area (Å²) in [6, 6.07) is 11.1. The van der Waals surface area contributed by atoms with E-state index in [2.05, 4.69) is 20.4 Å². The number of imidazole rings is 1. The van der Waals surface area contributed by atoms with Crippen molar-refractivity contribution >= 4 is 23.7 Å². The summed E-state index contributed by atoms with van der Waals surface area (Å²) in [5.41, 5.74) is 2.95. The lowest BCUT2D eigenvalue weighted by Gasteiger charge is -2.44. The van der Waals surface area contributed by atoms with E-state index in [0.29, 0.717) is 47.5 Å². The van der Waals surface area contributed by atoms with Crippen molar-refractivity contribution in [2.75, 3.05) is 18.5 Å². The highest BCUT2D eigenvalue weighted by Gasteiger charge is 2.39. The Labute approximate surface area is 189 Å². The first-order valence-electron chi connectivity index (χ1n) is 10.4. The fourth-order valence-corrected chi connectivity index (χ4v) is 3.68. The molecular weight excluding hydrogens is 424 g/mol. The number of aryl methyl sites for hydroxylation is 1. The van der Waals surface area contributed by atoms with Gasteiger partial charge in [0.15, 0.2) is 0 Å². The molecule has 0 bridgehead atoms. The Bertz CT molecular complexity index is 1340. The normalized spacial score (nSPS) is 14.6. The van der Waals surface area contributed by atoms with E-state index < -0.39 is 0 Å². The quantitative estimate of drug-likeness (QED) is 0.434. The van der Waals surface area contributed by atoms with Crippen molar-refractivity contribution in [1.29, 1.82) is 0 Å². The number of hydrogen-bond donors (Lipinski definition) is 1. The molecule has 0 saturated carbocycles. The number of rotatable bonds is 7. The molecule has 0 spiro atoms. The predicted molar refractivity (Wildman–Crippen MR) is 118 cm³/mol. The number of pyridine rings is 1. The molecule has 4 heterocycles. The van der Waals surface area contributed by atoms with Crippen molar-refractivity contribution in [3.8, 4) is 11.4 Å². The average molecular weight is 446 g/mol. The second-order valence-corrected chi connectivity index (χ2v) is 8.29. The van der Waals surface area contributed by atoms with Crippen LogP contribution < -0.4 is 5.32 Å². The Morgan fingerprint density at radius 3 is 2.91 bits per heavy atom. The van der Waals surface area contributed by atoms with Crippen LogP contribution in [-0.2, 0) is 16.1 Å². The van der Waals surface area contributed by atoms with Crippen molar-refractivity contribution in [3.63, 3.8) is 0 Å². The zero-order valence-electron chi connectivity index (χ0n) is 18.2. The lowest BCUT2D eigenvalue weighted by Crippen LogP contribution is -2.59. The van der Waals surface area contributed by atoms with Gasteiger partial charge in [0.25, 0.3) is 5.91 Å². The molecule has 1 fully saturated rings. The van der Waals surface area contributed by atoms with Crippen LogP contribution >= 0.6 is 0 Å². The Kier molecular flexibility index (Phi) is 5.14. The van der Waals surface area contributed by atoms with Gasteiger partial charge in [-0.15, -0.1) is 0 Å². The molecular formula is C23H22N6O4. The number of benzene rings is 1. The summed E-state index contributed by atoms with van der Waals surface area (Å²) in [7, 11) is 0. The molecule has 33 heavy (non-hydrogen) atoms. The first-order chi connectivity index (χ1) is 16.0. The number of carbonyl (C=O) groups excluding carboxylic acids is 2. The monoisotopic (exact) mass is 446 g/mol. The van der Waals surface area contributed by atoms with Crippen molar-refractivity contribution in [2.45, 2.75) is 25.9 Å². The highest BCUT2D eigenvalue weighted by Crippen LogP contribution is 2.27. The van der Waals surface area contributed by atoms with Crippen LogP contribution in [0.5, 0.6) is 0 Å². The van der Waals surface area contributed by atoms with Gasteiger partial charge in [-0.05, 0) is 37.6 Å². The minimum absolute atomic E-state index is 0.195. The van der Waals surface area contributed by atoms with Gasteiger partial charge in [0.1, 0.15) is 17.9 Å². The number of anilines is 1. The molecule has 4 aromatic rings. The summed E-state index contributed by atoms with van der Waals surface area (Å²) in [5, 5.41) is 7.00. The molecule has 1 aliphatic rings. The van der Waals surface area contributed by atoms with Gasteiger partial charge in [0.2, 0.25) is 18.1 Å². The molecule has 0 aliphatic carbocycles. The minimum Gasteiger partial charge on any atom is -0.376 e. The average Bonchev–Trinajstić information content (AvgIpc) is 3.44. The van der Waals surface area contributed by atoms with Crippen molar-refractivity contribution < 1.29 is 18.8 Å². The molecule has 10 heteroatoms. The number of amides is 2. The highest BCUT2D eigenvalue weighted by atomic mass is 16.5. The van der Waals surface area contributed by atoms with Crippen molar-refractivity contribution in [1.82, 2.24) is 24.4 Å². The van der Waals surface area contributed by atoms with Crippen LogP contribution in [0.2, 0.25) is 0 Å². The summed E-state index contributed by atoms with van der Waals surface area (Å²) in [4.78, 5) is 34.7. The second kappa shape index (κ2) is 8.14. The van der Waals surface area contributed by atoms with Crippen LogP contribution in [0.15, 0.2) is 53.3 Å². The molecule has 0 radical (unpaired) electrons. The molecule has 0 atom stereocenters. The highest BCUT2D eigenvalue weighted by molar-refractivity contribution is 6.04. The van der Waals surface area contributed by atoms with Crippen molar-refractivity contribution in [3.05, 3.63) is 65.9 Å². The molecule has 10 nitrogen and oxygen atoms in total. The van der Waals surface area contributed by atoms with Crippen LogP contribution in [-0.4, -0.2) is 55.5 Å². The molecule has 2 amide bonds. The maximum atomic E-state index is 12.9. The van der Waals surface area contributed by atoms with Crippen molar-refractivity contribution in [2.24, 2.45) is 0 Å². The Morgan fingerprint density at radius 1 is 1.30 bits per heavy atom. The maximum Gasteiger partial charge on any atom is 0.274 e. The standard InChI is InChI=1S/C23H22N6O4/c1-15-6-7-16(21-26-20(33-27-21)11-28(14-30)23(2)12-32-13-23)9-17(15)25-22(31)18-10-24-19-5-3-4-8-29(18)19/h3-10,14H,11-13H2,1-2H3,(H,25,31). The van der Waals surface area contributed by atoms with Crippen LogP contribution in [0, 0.1) is 6.92 Å². The number of nitrogens with one attached hydrogen (secondary N) is 1.